The fraction of sp³-hybridized carbons (Fsp3) is 0.323. The van der Waals surface area contributed by atoms with E-state index in [1.54, 1.807) is 55.6 Å². The van der Waals surface area contributed by atoms with Gasteiger partial charge in [-0.2, -0.15) is 0 Å². The smallest absolute Gasteiger partial charge is 0.256 e. The zero-order valence-electron chi connectivity index (χ0n) is 23.3. The molecule has 5 rings (SSSR count). The molecule has 0 radical (unpaired) electrons. The van der Waals surface area contributed by atoms with Crippen LogP contribution in [0.2, 0.25) is 5.02 Å². The van der Waals surface area contributed by atoms with Gasteiger partial charge in [0.25, 0.3) is 5.91 Å². The first-order valence-corrected chi connectivity index (χ1v) is 14.7. The van der Waals surface area contributed by atoms with Gasteiger partial charge in [-0.05, 0) is 98.0 Å². The van der Waals surface area contributed by atoms with Crippen molar-refractivity contribution in [2.75, 3.05) is 61.5 Å². The van der Waals surface area contributed by atoms with Gasteiger partial charge in [0.15, 0.2) is 5.11 Å². The molecule has 0 bridgehead atoms. The van der Waals surface area contributed by atoms with E-state index in [0.717, 1.165) is 44.8 Å². The van der Waals surface area contributed by atoms with Crippen LogP contribution < -0.4 is 19.9 Å². The van der Waals surface area contributed by atoms with Crippen molar-refractivity contribution in [1.82, 2.24) is 9.80 Å². The number of nitrogens with one attached hydrogen (secondary N) is 1. The predicted octanol–water partition coefficient (Wildman–Crippen LogP) is 5.03. The summed E-state index contributed by atoms with van der Waals surface area (Å²) < 4.78 is 18.6. The van der Waals surface area contributed by atoms with E-state index in [9.17, 15) is 14.0 Å². The average molecular weight is 610 g/mol. The molecule has 1 N–H and O–H groups in total. The van der Waals surface area contributed by atoms with Gasteiger partial charge in [0.2, 0.25) is 5.91 Å². The molecule has 11 heteroatoms. The lowest BCUT2D eigenvalue weighted by molar-refractivity contribution is -0.124. The molecule has 3 aromatic rings. The topological polar surface area (TPSA) is 68.4 Å². The number of ether oxygens (including phenoxy) is 1. The number of halogens is 2. The normalized spacial score (nSPS) is 17.6. The SMILES string of the molecule is COc1ccc(N2C(=O)C(CC(=O)Nc3ccc(Cl)cc3)N(CCCN3CCN(c4ccc(F)cc4)CC3)C2=S)cc1. The summed E-state index contributed by atoms with van der Waals surface area (Å²) in [5, 5.41) is 3.82. The number of benzene rings is 3. The fourth-order valence-electron chi connectivity index (χ4n) is 5.32. The van der Waals surface area contributed by atoms with E-state index >= 15 is 0 Å². The lowest BCUT2D eigenvalue weighted by atomic mass is 10.1. The van der Waals surface area contributed by atoms with Gasteiger partial charge >= 0.3 is 0 Å². The molecule has 8 nitrogen and oxygen atoms in total. The van der Waals surface area contributed by atoms with Crippen molar-refractivity contribution >= 4 is 57.8 Å². The van der Waals surface area contributed by atoms with Crippen molar-refractivity contribution in [2.45, 2.75) is 18.9 Å². The van der Waals surface area contributed by atoms with Crippen LogP contribution in [0.4, 0.5) is 21.5 Å². The molecule has 220 valence electrons. The van der Waals surface area contributed by atoms with Crippen molar-refractivity contribution in [3.05, 3.63) is 83.6 Å². The maximum Gasteiger partial charge on any atom is 0.256 e. The van der Waals surface area contributed by atoms with E-state index in [4.69, 9.17) is 28.6 Å². The highest BCUT2D eigenvalue weighted by molar-refractivity contribution is 7.80. The van der Waals surface area contributed by atoms with E-state index in [-0.39, 0.29) is 24.1 Å². The number of carbonyl (C=O) groups excluding carboxylic acids is 2. The molecule has 2 aliphatic rings. The first-order valence-electron chi connectivity index (χ1n) is 13.9. The van der Waals surface area contributed by atoms with Gasteiger partial charge in [0, 0.05) is 49.1 Å². The molecule has 2 aliphatic heterocycles. The number of amides is 2. The maximum atomic E-state index is 13.7. The molecular formula is C31H33ClFN5O3S. The minimum atomic E-state index is -0.720. The molecule has 42 heavy (non-hydrogen) atoms. The Balaban J connectivity index is 1.22. The summed E-state index contributed by atoms with van der Waals surface area (Å²) >= 11 is 11.8. The van der Waals surface area contributed by atoms with Crippen LogP contribution >= 0.6 is 23.8 Å². The molecule has 2 amide bonds. The van der Waals surface area contributed by atoms with Crippen LogP contribution in [0.25, 0.3) is 0 Å². The molecule has 1 atom stereocenters. The molecule has 2 fully saturated rings. The van der Waals surface area contributed by atoms with Crippen LogP contribution in [-0.2, 0) is 9.59 Å². The zero-order valence-corrected chi connectivity index (χ0v) is 24.9. The molecule has 1 unspecified atom stereocenters. The predicted molar refractivity (Wildman–Crippen MR) is 168 cm³/mol. The molecule has 2 saturated heterocycles. The third-order valence-electron chi connectivity index (χ3n) is 7.59. The number of methoxy groups -OCH3 is 1. The summed E-state index contributed by atoms with van der Waals surface area (Å²) in [6.45, 7) is 4.83. The lowest BCUT2D eigenvalue weighted by Crippen LogP contribution is -2.47. The van der Waals surface area contributed by atoms with E-state index in [0.29, 0.717) is 33.8 Å². The van der Waals surface area contributed by atoms with Crippen molar-refractivity contribution in [3.8, 4) is 5.75 Å². The summed E-state index contributed by atoms with van der Waals surface area (Å²) in [6, 6.07) is 19.9. The Hall–Kier alpha value is -3.73. The lowest BCUT2D eigenvalue weighted by Gasteiger charge is -2.36. The fourth-order valence-corrected chi connectivity index (χ4v) is 5.86. The van der Waals surface area contributed by atoms with Crippen molar-refractivity contribution < 1.29 is 18.7 Å². The number of nitrogens with zero attached hydrogens (tertiary/aromatic N) is 4. The number of thiocarbonyl (C=S) groups is 1. The summed E-state index contributed by atoms with van der Waals surface area (Å²) in [4.78, 5) is 34.7. The Labute approximate surface area is 255 Å². The maximum absolute atomic E-state index is 13.7. The molecule has 0 spiro atoms. The van der Waals surface area contributed by atoms with Crippen molar-refractivity contribution in [1.29, 1.82) is 0 Å². The summed E-state index contributed by atoms with van der Waals surface area (Å²) in [5.74, 6) is -0.0742. The zero-order chi connectivity index (χ0) is 29.6. The van der Waals surface area contributed by atoms with Gasteiger partial charge in [0.1, 0.15) is 17.6 Å². The van der Waals surface area contributed by atoms with Gasteiger partial charge in [-0.1, -0.05) is 11.6 Å². The average Bonchev–Trinajstić information content (AvgIpc) is 3.23. The third kappa shape index (κ3) is 7.00. The Bertz CT molecular complexity index is 1400. The first-order chi connectivity index (χ1) is 20.3. The van der Waals surface area contributed by atoms with E-state index in [1.807, 2.05) is 17.0 Å². The monoisotopic (exact) mass is 609 g/mol. The molecule has 0 aromatic heterocycles. The molecule has 0 aliphatic carbocycles. The van der Waals surface area contributed by atoms with Gasteiger partial charge in [-0.25, -0.2) is 4.39 Å². The van der Waals surface area contributed by atoms with Crippen LogP contribution in [0, 0.1) is 5.82 Å². The van der Waals surface area contributed by atoms with Gasteiger partial charge in [-0.3, -0.25) is 19.4 Å². The molecule has 0 saturated carbocycles. The number of anilines is 3. The van der Waals surface area contributed by atoms with E-state index in [1.165, 1.54) is 17.0 Å². The van der Waals surface area contributed by atoms with Gasteiger partial charge in [-0.15, -0.1) is 0 Å². The number of hydrogen-bond donors (Lipinski definition) is 1. The van der Waals surface area contributed by atoms with Crippen LogP contribution in [0.15, 0.2) is 72.8 Å². The molecule has 3 aromatic carbocycles. The second kappa shape index (κ2) is 13.5. The summed E-state index contributed by atoms with van der Waals surface area (Å²) in [7, 11) is 1.58. The van der Waals surface area contributed by atoms with Crippen LogP contribution in [0.5, 0.6) is 5.75 Å². The Morgan fingerprint density at radius 1 is 0.952 bits per heavy atom. The van der Waals surface area contributed by atoms with Crippen LogP contribution in [-0.4, -0.2) is 79.1 Å². The van der Waals surface area contributed by atoms with Gasteiger partial charge < -0.3 is 19.9 Å². The minimum Gasteiger partial charge on any atom is -0.497 e. The highest BCUT2D eigenvalue weighted by Gasteiger charge is 2.44. The number of hydrogen-bond acceptors (Lipinski definition) is 6. The Morgan fingerprint density at radius 3 is 2.24 bits per heavy atom. The first kappa shape index (κ1) is 29.8. The highest BCUT2D eigenvalue weighted by Crippen LogP contribution is 2.29. The third-order valence-corrected chi connectivity index (χ3v) is 8.26. The van der Waals surface area contributed by atoms with Crippen LogP contribution in [0.1, 0.15) is 12.8 Å². The van der Waals surface area contributed by atoms with Crippen molar-refractivity contribution in [3.63, 3.8) is 0 Å². The van der Waals surface area contributed by atoms with Crippen molar-refractivity contribution in [2.24, 2.45) is 0 Å². The molecule has 2 heterocycles. The quantitative estimate of drug-likeness (QED) is 0.323. The van der Waals surface area contributed by atoms with E-state index in [2.05, 4.69) is 15.1 Å². The number of rotatable bonds is 10. The largest absolute Gasteiger partial charge is 0.497 e. The summed E-state index contributed by atoms with van der Waals surface area (Å²) in [5.41, 5.74) is 2.26. The van der Waals surface area contributed by atoms with Crippen LogP contribution in [0.3, 0.4) is 0 Å². The second-order valence-corrected chi connectivity index (χ2v) is 11.1. The number of carbonyl (C=O) groups is 2. The van der Waals surface area contributed by atoms with Gasteiger partial charge in [0.05, 0.1) is 19.2 Å². The Kier molecular flexibility index (Phi) is 9.56. The molecular weight excluding hydrogens is 577 g/mol. The summed E-state index contributed by atoms with van der Waals surface area (Å²) in [6.07, 6.45) is 0.736. The minimum absolute atomic E-state index is 0.0371. The standard InChI is InChI=1S/C31H33ClFN5O3S/c1-41-27-13-11-26(12-14-27)38-30(40)28(21-29(39)34-24-7-3-22(32)4-8-24)37(31(38)42)16-2-15-35-17-19-36(20-18-35)25-9-5-23(33)6-10-25/h3-14,28H,2,15-21H2,1H3,(H,34,39). The Morgan fingerprint density at radius 2 is 1.60 bits per heavy atom. The number of piperazine rings is 1. The van der Waals surface area contributed by atoms with E-state index < -0.39 is 6.04 Å². The highest BCUT2D eigenvalue weighted by atomic mass is 35.5. The second-order valence-electron chi connectivity index (χ2n) is 10.3.